The van der Waals surface area contributed by atoms with Crippen molar-refractivity contribution in [1.29, 1.82) is 0 Å². The molecule has 0 spiro atoms. The Morgan fingerprint density at radius 3 is 2.21 bits per heavy atom. The summed E-state index contributed by atoms with van der Waals surface area (Å²) >= 11 is 0. The molecule has 4 nitrogen and oxygen atoms in total. The molecule has 1 saturated carbocycles. The van der Waals surface area contributed by atoms with Crippen LogP contribution in [-0.2, 0) is 16.0 Å². The van der Waals surface area contributed by atoms with Gasteiger partial charge in [0.15, 0.2) is 0 Å². The van der Waals surface area contributed by atoms with Crippen LogP contribution in [0.1, 0.15) is 82.7 Å². The molecule has 0 N–H and O–H groups in total. The molecule has 34 heavy (non-hydrogen) atoms. The molecule has 2 aromatic heterocycles. The second kappa shape index (κ2) is 13.4. The maximum Gasteiger partial charge on any atom is 0.309 e. The molecule has 2 aliphatic rings. The molecule has 4 heteroatoms. The van der Waals surface area contributed by atoms with E-state index in [1.807, 2.05) is 30.5 Å². The number of aryl methyl sites for hydroxylation is 1. The number of hydrogen-bond donors (Lipinski definition) is 0. The summed E-state index contributed by atoms with van der Waals surface area (Å²) in [6.07, 6.45) is 22.1. The van der Waals surface area contributed by atoms with Gasteiger partial charge in [-0.25, -0.2) is 0 Å². The highest BCUT2D eigenvalue weighted by Crippen LogP contribution is 2.43. The van der Waals surface area contributed by atoms with Gasteiger partial charge in [-0.3, -0.25) is 14.8 Å². The second-order valence-electron chi connectivity index (χ2n) is 10.1. The Bertz CT molecular complexity index is 911. The van der Waals surface area contributed by atoms with E-state index >= 15 is 0 Å². The van der Waals surface area contributed by atoms with Crippen molar-refractivity contribution in [3.05, 3.63) is 60.4 Å². The molecule has 3 atom stereocenters. The average molecular weight is 461 g/mol. The van der Waals surface area contributed by atoms with Crippen molar-refractivity contribution in [3.8, 4) is 11.4 Å². The van der Waals surface area contributed by atoms with Gasteiger partial charge in [-0.15, -0.1) is 0 Å². The highest BCUT2D eigenvalue weighted by Gasteiger charge is 2.40. The number of carbonyl (C=O) groups excluding carboxylic acids is 1. The molecule has 1 fully saturated rings. The molecule has 2 heterocycles. The lowest BCUT2D eigenvalue weighted by Gasteiger charge is -2.16. The number of nitrogens with zero attached hydrogens (tertiary/aromatic N) is 2. The molecule has 0 aromatic carbocycles. The first-order chi connectivity index (χ1) is 16.8. The third-order valence-corrected chi connectivity index (χ3v) is 7.39. The van der Waals surface area contributed by atoms with E-state index in [0.29, 0.717) is 18.4 Å². The molecule has 2 aromatic rings. The van der Waals surface area contributed by atoms with Gasteiger partial charge >= 0.3 is 5.97 Å². The number of pyridine rings is 2. The number of carbonyl (C=O) groups is 1. The minimum atomic E-state index is 0.0496. The zero-order valence-corrected chi connectivity index (χ0v) is 20.5. The van der Waals surface area contributed by atoms with Crippen LogP contribution in [0.4, 0.5) is 0 Å². The Labute approximate surface area is 205 Å². The summed E-state index contributed by atoms with van der Waals surface area (Å²) < 4.78 is 5.54. The molecule has 182 valence electrons. The van der Waals surface area contributed by atoms with Crippen LogP contribution in [0.25, 0.3) is 11.4 Å². The standard InChI is InChI=1S/C30H40N2O2/c33-30(27-23-24-18-19-25(27)22-24)34-21-12-8-6-4-2-1-3-5-7-9-14-26-15-13-17-29(32-26)28-16-10-11-20-31-28/h10-11,13,15-20,24-25,27H,1-9,12,14,21-23H2. The van der Waals surface area contributed by atoms with E-state index in [-0.39, 0.29) is 11.9 Å². The van der Waals surface area contributed by atoms with E-state index in [1.165, 1.54) is 63.5 Å². The summed E-state index contributed by atoms with van der Waals surface area (Å²) in [6, 6.07) is 12.2. The minimum absolute atomic E-state index is 0.0496. The van der Waals surface area contributed by atoms with E-state index in [9.17, 15) is 4.79 Å². The Hall–Kier alpha value is -2.49. The van der Waals surface area contributed by atoms with Crippen molar-refractivity contribution in [3.63, 3.8) is 0 Å². The fourth-order valence-corrected chi connectivity index (χ4v) is 5.43. The monoisotopic (exact) mass is 460 g/mol. The molecule has 0 saturated heterocycles. The molecule has 0 aliphatic heterocycles. The molecular weight excluding hydrogens is 420 g/mol. The number of unbranched alkanes of at least 4 members (excludes halogenated alkanes) is 9. The van der Waals surface area contributed by atoms with Crippen molar-refractivity contribution < 1.29 is 9.53 Å². The van der Waals surface area contributed by atoms with Gasteiger partial charge in [0.05, 0.1) is 23.9 Å². The Kier molecular flexibility index (Phi) is 9.71. The van der Waals surface area contributed by atoms with E-state index < -0.39 is 0 Å². The number of allylic oxidation sites excluding steroid dienone is 2. The van der Waals surface area contributed by atoms with Gasteiger partial charge < -0.3 is 4.74 Å². The number of esters is 1. The third-order valence-electron chi connectivity index (χ3n) is 7.39. The molecule has 4 rings (SSSR count). The van der Waals surface area contributed by atoms with Crippen LogP contribution in [0.15, 0.2) is 54.7 Å². The van der Waals surface area contributed by atoms with Gasteiger partial charge in [0, 0.05) is 11.9 Å². The van der Waals surface area contributed by atoms with Crippen molar-refractivity contribution in [2.24, 2.45) is 17.8 Å². The number of rotatable bonds is 15. The summed E-state index contributed by atoms with van der Waals surface area (Å²) in [7, 11) is 0. The highest BCUT2D eigenvalue weighted by molar-refractivity contribution is 5.74. The topological polar surface area (TPSA) is 52.1 Å². The molecule has 2 bridgehead atoms. The lowest BCUT2D eigenvalue weighted by atomic mass is 9.94. The van der Waals surface area contributed by atoms with Crippen LogP contribution in [0, 0.1) is 17.8 Å². The number of fused-ring (bicyclic) bond motifs is 2. The van der Waals surface area contributed by atoms with Gasteiger partial charge in [-0.1, -0.05) is 75.7 Å². The van der Waals surface area contributed by atoms with Crippen molar-refractivity contribution in [2.45, 2.75) is 83.5 Å². The first-order valence-electron chi connectivity index (χ1n) is 13.5. The molecule has 0 radical (unpaired) electrons. The maximum absolute atomic E-state index is 12.2. The lowest BCUT2D eigenvalue weighted by molar-refractivity contribution is -0.149. The van der Waals surface area contributed by atoms with Crippen LogP contribution in [-0.4, -0.2) is 22.5 Å². The SMILES string of the molecule is O=C(OCCCCCCCCCCCCc1cccc(-c2ccccn2)n1)C1CC2C=CC1C2. The van der Waals surface area contributed by atoms with Crippen LogP contribution in [0.2, 0.25) is 0 Å². The summed E-state index contributed by atoms with van der Waals surface area (Å²) in [4.78, 5) is 21.4. The van der Waals surface area contributed by atoms with Crippen LogP contribution >= 0.6 is 0 Å². The normalized spacial score (nSPS) is 20.6. The van der Waals surface area contributed by atoms with Gasteiger partial charge in [-0.05, 0) is 68.2 Å². The average Bonchev–Trinajstić information content (AvgIpc) is 3.51. The lowest BCUT2D eigenvalue weighted by Crippen LogP contribution is -2.21. The predicted molar refractivity (Wildman–Crippen MR) is 137 cm³/mol. The van der Waals surface area contributed by atoms with Crippen molar-refractivity contribution in [1.82, 2.24) is 9.97 Å². The maximum atomic E-state index is 12.2. The minimum Gasteiger partial charge on any atom is -0.465 e. The van der Waals surface area contributed by atoms with Gasteiger partial charge in [0.25, 0.3) is 0 Å². The second-order valence-corrected chi connectivity index (χ2v) is 10.1. The quantitative estimate of drug-likeness (QED) is 0.158. The molecular formula is C30H40N2O2. The largest absolute Gasteiger partial charge is 0.465 e. The van der Waals surface area contributed by atoms with Gasteiger partial charge in [-0.2, -0.15) is 0 Å². The van der Waals surface area contributed by atoms with Gasteiger partial charge in [0.2, 0.25) is 0 Å². The third kappa shape index (κ3) is 7.51. The van der Waals surface area contributed by atoms with E-state index in [4.69, 9.17) is 9.72 Å². The molecule has 3 unspecified atom stereocenters. The highest BCUT2D eigenvalue weighted by atomic mass is 16.5. The predicted octanol–water partition coefficient (Wildman–Crippen LogP) is 7.34. The summed E-state index contributed by atoms with van der Waals surface area (Å²) in [5.74, 6) is 1.28. The van der Waals surface area contributed by atoms with Crippen LogP contribution in [0.5, 0.6) is 0 Å². The summed E-state index contributed by atoms with van der Waals surface area (Å²) in [6.45, 7) is 0.607. The number of aromatic nitrogens is 2. The van der Waals surface area contributed by atoms with E-state index in [1.54, 1.807) is 0 Å². The van der Waals surface area contributed by atoms with Crippen molar-refractivity contribution in [2.75, 3.05) is 6.61 Å². The fraction of sp³-hybridized carbons (Fsp3) is 0.567. The molecule has 2 aliphatic carbocycles. The van der Waals surface area contributed by atoms with Crippen molar-refractivity contribution >= 4 is 5.97 Å². The van der Waals surface area contributed by atoms with Gasteiger partial charge in [0.1, 0.15) is 0 Å². The van der Waals surface area contributed by atoms with E-state index in [2.05, 4.69) is 29.3 Å². The number of hydrogen-bond acceptors (Lipinski definition) is 4. The Morgan fingerprint density at radius 1 is 0.794 bits per heavy atom. The molecule has 0 amide bonds. The van der Waals surface area contributed by atoms with Crippen LogP contribution in [0.3, 0.4) is 0 Å². The number of ether oxygens (including phenoxy) is 1. The van der Waals surface area contributed by atoms with E-state index in [0.717, 1.165) is 37.1 Å². The Morgan fingerprint density at radius 2 is 1.53 bits per heavy atom. The first kappa shape index (κ1) is 24.6. The zero-order valence-electron chi connectivity index (χ0n) is 20.5. The first-order valence-corrected chi connectivity index (χ1v) is 13.5. The fourth-order valence-electron chi connectivity index (χ4n) is 5.43. The summed E-state index contributed by atoms with van der Waals surface area (Å²) in [5.41, 5.74) is 3.08. The van der Waals surface area contributed by atoms with Crippen LogP contribution < -0.4 is 0 Å². The Balaban J connectivity index is 0.946. The smallest absolute Gasteiger partial charge is 0.309 e. The summed E-state index contributed by atoms with van der Waals surface area (Å²) in [5, 5.41) is 0. The zero-order chi connectivity index (χ0) is 23.4.